The zero-order valence-electron chi connectivity index (χ0n) is 9.12. The third-order valence-corrected chi connectivity index (χ3v) is 3.35. The first kappa shape index (κ1) is 11.4. The van der Waals surface area contributed by atoms with E-state index in [1.165, 1.54) is 5.56 Å². The van der Waals surface area contributed by atoms with Gasteiger partial charge in [-0.1, -0.05) is 44.2 Å². The molecule has 0 aromatic heterocycles. The van der Waals surface area contributed by atoms with E-state index in [4.69, 9.17) is 0 Å². The lowest BCUT2D eigenvalue weighted by Crippen LogP contribution is -2.19. The first-order chi connectivity index (χ1) is 6.52. The van der Waals surface area contributed by atoms with Crippen molar-refractivity contribution in [2.75, 3.05) is 12.0 Å². The Hall–Kier alpha value is -0.630. The van der Waals surface area contributed by atoms with Crippen LogP contribution in [-0.4, -0.2) is 16.2 Å². The molecule has 0 aliphatic rings. The molecule has 0 saturated heterocycles. The molecule has 1 aromatic carbocycles. The Bertz CT molecular complexity index is 303. The number of benzene rings is 1. The van der Waals surface area contributed by atoms with Crippen molar-refractivity contribution in [3.8, 4) is 0 Å². The Morgan fingerprint density at radius 1 is 1.21 bits per heavy atom. The second-order valence-corrected chi connectivity index (χ2v) is 5.83. The molecule has 0 N–H and O–H groups in total. The molecule has 1 aromatic rings. The van der Waals surface area contributed by atoms with Crippen LogP contribution >= 0.6 is 0 Å². The molecule has 2 heteroatoms. The Morgan fingerprint density at radius 3 is 2.29 bits per heavy atom. The summed E-state index contributed by atoms with van der Waals surface area (Å²) in [6.07, 6.45) is 2.74. The molecule has 0 aliphatic heterocycles. The number of hydrogen-bond donors (Lipinski definition) is 0. The predicted octanol–water partition coefficient (Wildman–Crippen LogP) is 2.73. The highest BCUT2D eigenvalue weighted by atomic mass is 32.2. The van der Waals surface area contributed by atoms with Gasteiger partial charge in [0.1, 0.15) is 0 Å². The lowest BCUT2D eigenvalue weighted by atomic mass is 9.82. The van der Waals surface area contributed by atoms with Crippen molar-refractivity contribution in [3.63, 3.8) is 0 Å². The highest BCUT2D eigenvalue weighted by Gasteiger charge is 2.19. The summed E-state index contributed by atoms with van der Waals surface area (Å²) in [5.41, 5.74) is 1.46. The van der Waals surface area contributed by atoms with Gasteiger partial charge in [0.2, 0.25) is 0 Å². The number of rotatable bonds is 4. The van der Waals surface area contributed by atoms with Crippen molar-refractivity contribution in [1.29, 1.82) is 0 Å². The van der Waals surface area contributed by atoms with E-state index in [0.717, 1.165) is 12.2 Å². The topological polar surface area (TPSA) is 17.1 Å². The minimum absolute atomic E-state index is 0.132. The van der Waals surface area contributed by atoms with Crippen LogP contribution in [0.15, 0.2) is 30.3 Å². The fraction of sp³-hybridized carbons (Fsp3) is 0.500. The molecule has 0 bridgehead atoms. The summed E-state index contributed by atoms with van der Waals surface area (Å²) in [6.45, 7) is 4.41. The summed E-state index contributed by atoms with van der Waals surface area (Å²) in [5, 5.41) is 0. The fourth-order valence-electron chi connectivity index (χ4n) is 1.43. The van der Waals surface area contributed by atoms with Crippen molar-refractivity contribution in [2.24, 2.45) is 0 Å². The average Bonchev–Trinajstić information content (AvgIpc) is 2.16. The molecule has 0 saturated carbocycles. The minimum Gasteiger partial charge on any atom is -0.260 e. The fourth-order valence-corrected chi connectivity index (χ4v) is 2.23. The maximum absolute atomic E-state index is 11.0. The van der Waals surface area contributed by atoms with E-state index >= 15 is 0 Å². The van der Waals surface area contributed by atoms with Gasteiger partial charge in [-0.05, 0) is 17.4 Å². The Labute approximate surface area is 89.0 Å². The van der Waals surface area contributed by atoms with E-state index in [1.54, 1.807) is 6.26 Å². The molecule has 1 unspecified atom stereocenters. The van der Waals surface area contributed by atoms with Crippen molar-refractivity contribution in [1.82, 2.24) is 0 Å². The van der Waals surface area contributed by atoms with Crippen LogP contribution in [0.4, 0.5) is 0 Å². The Morgan fingerprint density at radius 2 is 1.79 bits per heavy atom. The molecule has 0 radical (unpaired) electrons. The van der Waals surface area contributed by atoms with Crippen LogP contribution in [0.1, 0.15) is 25.8 Å². The first-order valence-corrected chi connectivity index (χ1v) is 6.61. The maximum Gasteiger partial charge on any atom is 0.0240 e. The first-order valence-electron chi connectivity index (χ1n) is 4.88. The number of hydrogen-bond acceptors (Lipinski definition) is 1. The predicted molar refractivity (Wildman–Crippen MR) is 63.0 cm³/mol. The Balaban J connectivity index is 2.70. The maximum atomic E-state index is 11.0. The van der Waals surface area contributed by atoms with E-state index in [1.807, 2.05) is 6.07 Å². The van der Waals surface area contributed by atoms with Crippen molar-refractivity contribution < 1.29 is 4.21 Å². The summed E-state index contributed by atoms with van der Waals surface area (Å²) in [5.74, 6) is 0.780. The van der Waals surface area contributed by atoms with Crippen LogP contribution in [0.5, 0.6) is 0 Å². The van der Waals surface area contributed by atoms with Crippen molar-refractivity contribution in [3.05, 3.63) is 35.9 Å². The second kappa shape index (κ2) is 4.74. The van der Waals surface area contributed by atoms with E-state index in [2.05, 4.69) is 38.1 Å². The summed E-state index contributed by atoms with van der Waals surface area (Å²) in [6, 6.07) is 10.4. The molecule has 0 spiro atoms. The molecule has 1 rings (SSSR count). The van der Waals surface area contributed by atoms with Gasteiger partial charge in [0.05, 0.1) is 0 Å². The molecular formula is C12H18OS. The largest absolute Gasteiger partial charge is 0.260 e. The quantitative estimate of drug-likeness (QED) is 0.747. The van der Waals surface area contributed by atoms with Gasteiger partial charge in [0, 0.05) is 22.8 Å². The third kappa shape index (κ3) is 3.26. The molecule has 0 heterocycles. The van der Waals surface area contributed by atoms with Gasteiger partial charge >= 0.3 is 0 Å². The SMILES string of the molecule is CS(=O)CCC(C)(C)c1ccccc1. The highest BCUT2D eigenvalue weighted by Crippen LogP contribution is 2.26. The smallest absolute Gasteiger partial charge is 0.0240 e. The van der Waals surface area contributed by atoms with Crippen LogP contribution in [0, 0.1) is 0 Å². The zero-order chi connectivity index (χ0) is 10.6. The summed E-state index contributed by atoms with van der Waals surface area (Å²) < 4.78 is 11.0. The standard InChI is InChI=1S/C12H18OS/c1-12(2,9-10-14(3)13)11-7-5-4-6-8-11/h4-8H,9-10H2,1-3H3. The minimum atomic E-state index is -0.686. The molecule has 1 nitrogen and oxygen atoms in total. The highest BCUT2D eigenvalue weighted by molar-refractivity contribution is 7.84. The van der Waals surface area contributed by atoms with Crippen LogP contribution in [-0.2, 0) is 16.2 Å². The van der Waals surface area contributed by atoms with Crippen molar-refractivity contribution >= 4 is 10.8 Å². The van der Waals surface area contributed by atoms with Crippen molar-refractivity contribution in [2.45, 2.75) is 25.7 Å². The lowest BCUT2D eigenvalue weighted by molar-refractivity contribution is 0.508. The van der Waals surface area contributed by atoms with E-state index in [9.17, 15) is 4.21 Å². The summed E-state index contributed by atoms with van der Waals surface area (Å²) in [7, 11) is -0.686. The lowest BCUT2D eigenvalue weighted by Gasteiger charge is -2.24. The third-order valence-electron chi connectivity index (χ3n) is 2.57. The average molecular weight is 210 g/mol. The van der Waals surface area contributed by atoms with E-state index in [-0.39, 0.29) is 5.41 Å². The molecule has 0 amide bonds. The van der Waals surface area contributed by atoms with Gasteiger partial charge in [-0.25, -0.2) is 0 Å². The zero-order valence-corrected chi connectivity index (χ0v) is 9.93. The van der Waals surface area contributed by atoms with Crippen LogP contribution in [0.3, 0.4) is 0 Å². The summed E-state index contributed by atoms with van der Waals surface area (Å²) >= 11 is 0. The van der Waals surface area contributed by atoms with Crippen LogP contribution < -0.4 is 0 Å². The molecular weight excluding hydrogens is 192 g/mol. The molecule has 1 atom stereocenters. The van der Waals surface area contributed by atoms with E-state index in [0.29, 0.717) is 0 Å². The van der Waals surface area contributed by atoms with Crippen LogP contribution in [0.25, 0.3) is 0 Å². The molecule has 0 fully saturated rings. The molecule has 14 heavy (non-hydrogen) atoms. The molecule has 78 valence electrons. The van der Waals surface area contributed by atoms with Gasteiger partial charge in [0.25, 0.3) is 0 Å². The van der Waals surface area contributed by atoms with Gasteiger partial charge in [-0.2, -0.15) is 0 Å². The van der Waals surface area contributed by atoms with Crippen LogP contribution in [0.2, 0.25) is 0 Å². The summed E-state index contributed by atoms with van der Waals surface area (Å²) in [4.78, 5) is 0. The van der Waals surface area contributed by atoms with Gasteiger partial charge in [0.15, 0.2) is 0 Å². The normalized spacial score (nSPS) is 13.9. The van der Waals surface area contributed by atoms with Gasteiger partial charge in [-0.15, -0.1) is 0 Å². The monoisotopic (exact) mass is 210 g/mol. The van der Waals surface area contributed by atoms with Gasteiger partial charge < -0.3 is 0 Å². The Kier molecular flexibility index (Phi) is 3.87. The molecule has 0 aliphatic carbocycles. The second-order valence-electron chi connectivity index (χ2n) is 4.28. The van der Waals surface area contributed by atoms with Gasteiger partial charge in [-0.3, -0.25) is 4.21 Å². The van der Waals surface area contributed by atoms with E-state index < -0.39 is 10.8 Å².